The monoisotopic (exact) mass is 290 g/mol. The Hall–Kier alpha value is -2.01. The minimum atomic E-state index is -3.23. The minimum absolute atomic E-state index is 0.0857. The van der Waals surface area contributed by atoms with Crippen molar-refractivity contribution in [1.82, 2.24) is 0 Å². The van der Waals surface area contributed by atoms with Gasteiger partial charge < -0.3 is 11.1 Å². The molecule has 2 rings (SSSR count). The van der Waals surface area contributed by atoms with Crippen LogP contribution in [0.2, 0.25) is 0 Å². The van der Waals surface area contributed by atoms with Crippen LogP contribution < -0.4 is 11.1 Å². The Labute approximate surface area is 119 Å². The maximum absolute atomic E-state index is 11.5. The van der Waals surface area contributed by atoms with E-state index in [1.807, 2.05) is 37.3 Å². The molecule has 0 saturated heterocycles. The van der Waals surface area contributed by atoms with Crippen molar-refractivity contribution < 1.29 is 8.42 Å². The molecule has 0 bridgehead atoms. The number of nitrogens with two attached hydrogens (primary N) is 1. The first-order chi connectivity index (χ1) is 9.38. The fourth-order valence-electron chi connectivity index (χ4n) is 1.96. The van der Waals surface area contributed by atoms with Gasteiger partial charge in [0.2, 0.25) is 0 Å². The number of hydrogen-bond donors (Lipinski definition) is 2. The maximum atomic E-state index is 11.5. The molecule has 0 fully saturated rings. The fraction of sp³-hybridized carbons (Fsp3) is 0.200. The van der Waals surface area contributed by atoms with Crippen LogP contribution in [0.5, 0.6) is 0 Å². The summed E-state index contributed by atoms with van der Waals surface area (Å²) in [7, 11) is -3.23. The van der Waals surface area contributed by atoms with Crippen molar-refractivity contribution in [3.63, 3.8) is 0 Å². The Bertz CT molecular complexity index is 697. The van der Waals surface area contributed by atoms with Gasteiger partial charge in [0.25, 0.3) is 0 Å². The van der Waals surface area contributed by atoms with Crippen molar-refractivity contribution >= 4 is 21.2 Å². The SMILES string of the molecule is CC(Nc1ccc(S(C)(=O)=O)cc1N)c1ccccc1. The van der Waals surface area contributed by atoms with Crippen molar-refractivity contribution in [2.45, 2.75) is 17.9 Å². The molecule has 2 aromatic rings. The lowest BCUT2D eigenvalue weighted by atomic mass is 10.1. The number of rotatable bonds is 4. The van der Waals surface area contributed by atoms with Crippen molar-refractivity contribution in [2.75, 3.05) is 17.3 Å². The van der Waals surface area contributed by atoms with Gasteiger partial charge in [-0.1, -0.05) is 30.3 Å². The summed E-state index contributed by atoms with van der Waals surface area (Å²) < 4.78 is 22.9. The summed E-state index contributed by atoms with van der Waals surface area (Å²) in [6.07, 6.45) is 1.17. The van der Waals surface area contributed by atoms with Crippen LogP contribution in [0.4, 0.5) is 11.4 Å². The second-order valence-corrected chi connectivity index (χ2v) is 6.81. The molecule has 1 atom stereocenters. The molecule has 106 valence electrons. The van der Waals surface area contributed by atoms with Crippen LogP contribution in [0.15, 0.2) is 53.4 Å². The van der Waals surface area contributed by atoms with Crippen LogP contribution in [0.1, 0.15) is 18.5 Å². The van der Waals surface area contributed by atoms with E-state index in [1.54, 1.807) is 12.1 Å². The van der Waals surface area contributed by atoms with E-state index in [-0.39, 0.29) is 10.9 Å². The van der Waals surface area contributed by atoms with Crippen molar-refractivity contribution in [1.29, 1.82) is 0 Å². The molecular weight excluding hydrogens is 272 g/mol. The van der Waals surface area contributed by atoms with E-state index >= 15 is 0 Å². The molecule has 20 heavy (non-hydrogen) atoms. The average Bonchev–Trinajstić information content (AvgIpc) is 2.41. The van der Waals surface area contributed by atoms with Crippen LogP contribution in [0.3, 0.4) is 0 Å². The number of nitrogens with one attached hydrogen (secondary N) is 1. The summed E-state index contributed by atoms with van der Waals surface area (Å²) in [5, 5.41) is 3.29. The Balaban J connectivity index is 2.23. The molecule has 0 aromatic heterocycles. The number of anilines is 2. The first-order valence-corrected chi connectivity index (χ1v) is 8.18. The summed E-state index contributed by atoms with van der Waals surface area (Å²) in [6, 6.07) is 14.8. The maximum Gasteiger partial charge on any atom is 0.175 e. The lowest BCUT2D eigenvalue weighted by Crippen LogP contribution is -2.09. The minimum Gasteiger partial charge on any atom is -0.397 e. The highest BCUT2D eigenvalue weighted by Gasteiger charge is 2.11. The predicted octanol–water partition coefficient (Wildman–Crippen LogP) is 2.85. The van der Waals surface area contributed by atoms with E-state index in [9.17, 15) is 8.42 Å². The Morgan fingerprint density at radius 1 is 1.10 bits per heavy atom. The number of nitrogen functional groups attached to an aromatic ring is 1. The Kier molecular flexibility index (Phi) is 3.99. The quantitative estimate of drug-likeness (QED) is 0.849. The van der Waals surface area contributed by atoms with Gasteiger partial charge in [0.15, 0.2) is 9.84 Å². The van der Waals surface area contributed by atoms with E-state index in [0.717, 1.165) is 11.3 Å². The summed E-state index contributed by atoms with van der Waals surface area (Å²) in [6.45, 7) is 2.03. The number of sulfone groups is 1. The van der Waals surface area contributed by atoms with Gasteiger partial charge in [0.1, 0.15) is 0 Å². The van der Waals surface area contributed by atoms with Crippen molar-refractivity contribution in [2.24, 2.45) is 0 Å². The molecule has 0 heterocycles. The third kappa shape index (κ3) is 3.30. The summed E-state index contributed by atoms with van der Waals surface area (Å²) in [5.41, 5.74) is 8.21. The molecule has 4 nitrogen and oxygen atoms in total. The van der Waals surface area contributed by atoms with Crippen LogP contribution >= 0.6 is 0 Å². The molecule has 0 radical (unpaired) electrons. The molecule has 3 N–H and O–H groups in total. The summed E-state index contributed by atoms with van der Waals surface area (Å²) in [5.74, 6) is 0. The first-order valence-electron chi connectivity index (χ1n) is 6.29. The van der Waals surface area contributed by atoms with Crippen LogP contribution in [-0.4, -0.2) is 14.7 Å². The second kappa shape index (κ2) is 5.54. The van der Waals surface area contributed by atoms with Gasteiger partial charge in [-0.25, -0.2) is 8.42 Å². The molecule has 1 unspecified atom stereocenters. The Morgan fingerprint density at radius 2 is 1.75 bits per heavy atom. The zero-order chi connectivity index (χ0) is 14.8. The highest BCUT2D eigenvalue weighted by Crippen LogP contribution is 2.26. The third-order valence-electron chi connectivity index (χ3n) is 3.12. The van der Waals surface area contributed by atoms with Gasteiger partial charge in [-0.3, -0.25) is 0 Å². The molecule has 5 heteroatoms. The topological polar surface area (TPSA) is 72.2 Å². The number of hydrogen-bond acceptors (Lipinski definition) is 4. The lowest BCUT2D eigenvalue weighted by Gasteiger charge is -2.17. The molecular formula is C15H18N2O2S. The van der Waals surface area contributed by atoms with E-state index in [0.29, 0.717) is 5.69 Å². The fourth-order valence-corrected chi connectivity index (χ4v) is 2.62. The van der Waals surface area contributed by atoms with Gasteiger partial charge in [-0.2, -0.15) is 0 Å². The summed E-state index contributed by atoms with van der Waals surface area (Å²) in [4.78, 5) is 0.230. The van der Waals surface area contributed by atoms with E-state index < -0.39 is 9.84 Å². The molecule has 0 aliphatic heterocycles. The van der Waals surface area contributed by atoms with Gasteiger partial charge >= 0.3 is 0 Å². The third-order valence-corrected chi connectivity index (χ3v) is 4.23. The van der Waals surface area contributed by atoms with Crippen LogP contribution in [0, 0.1) is 0 Å². The van der Waals surface area contributed by atoms with E-state index in [2.05, 4.69) is 5.32 Å². The normalized spacial score (nSPS) is 12.9. The zero-order valence-corrected chi connectivity index (χ0v) is 12.3. The molecule has 2 aromatic carbocycles. The Morgan fingerprint density at radius 3 is 2.30 bits per heavy atom. The van der Waals surface area contributed by atoms with Crippen LogP contribution in [0.25, 0.3) is 0 Å². The van der Waals surface area contributed by atoms with Gasteiger partial charge in [0.05, 0.1) is 16.3 Å². The average molecular weight is 290 g/mol. The standard InChI is InChI=1S/C15H18N2O2S/c1-11(12-6-4-3-5-7-12)17-15-9-8-13(10-14(15)16)20(2,18)19/h3-11,17H,16H2,1-2H3. The van der Waals surface area contributed by atoms with Gasteiger partial charge in [-0.05, 0) is 30.7 Å². The highest BCUT2D eigenvalue weighted by molar-refractivity contribution is 7.90. The van der Waals surface area contributed by atoms with E-state index in [4.69, 9.17) is 5.73 Å². The van der Waals surface area contributed by atoms with Gasteiger partial charge in [-0.15, -0.1) is 0 Å². The molecule has 0 aliphatic rings. The lowest BCUT2D eigenvalue weighted by molar-refractivity contribution is 0.602. The highest BCUT2D eigenvalue weighted by atomic mass is 32.2. The summed E-state index contributed by atoms with van der Waals surface area (Å²) >= 11 is 0. The largest absolute Gasteiger partial charge is 0.397 e. The smallest absolute Gasteiger partial charge is 0.175 e. The molecule has 0 saturated carbocycles. The first kappa shape index (κ1) is 14.4. The van der Waals surface area contributed by atoms with Gasteiger partial charge in [0, 0.05) is 12.3 Å². The predicted molar refractivity (Wildman–Crippen MR) is 82.4 cm³/mol. The van der Waals surface area contributed by atoms with Crippen molar-refractivity contribution in [3.05, 3.63) is 54.1 Å². The number of benzene rings is 2. The molecule has 0 spiro atoms. The van der Waals surface area contributed by atoms with Crippen molar-refractivity contribution in [3.8, 4) is 0 Å². The van der Waals surface area contributed by atoms with E-state index in [1.165, 1.54) is 12.3 Å². The molecule has 0 amide bonds. The zero-order valence-electron chi connectivity index (χ0n) is 11.5. The second-order valence-electron chi connectivity index (χ2n) is 4.80. The molecule has 0 aliphatic carbocycles. The van der Waals surface area contributed by atoms with Crippen LogP contribution in [-0.2, 0) is 9.84 Å².